The Kier molecular flexibility index (Phi) is 1.90. The second kappa shape index (κ2) is 3.38. The molecular weight excluding hydrogens is 200 g/mol. The largest absolute Gasteiger partial charge is 0.270 e. The van der Waals surface area contributed by atoms with Gasteiger partial charge in [0.15, 0.2) is 0 Å². The molecule has 0 aliphatic carbocycles. The molecule has 1 aromatic heterocycles. The van der Waals surface area contributed by atoms with Crippen LogP contribution >= 0.6 is 0 Å². The molecule has 0 N–H and O–H groups in total. The maximum absolute atomic E-state index is 11.2. The molecule has 0 atom stereocenters. The Morgan fingerprint density at radius 2 is 1.94 bits per heavy atom. The van der Waals surface area contributed by atoms with Gasteiger partial charge >= 0.3 is 0 Å². The van der Waals surface area contributed by atoms with Crippen molar-refractivity contribution in [2.75, 3.05) is 0 Å². The number of hydrogen-bond donors (Lipinski definition) is 0. The summed E-state index contributed by atoms with van der Waals surface area (Å²) in [5.41, 5.74) is 1.81. The van der Waals surface area contributed by atoms with E-state index in [2.05, 4.69) is 9.98 Å². The van der Waals surface area contributed by atoms with Crippen LogP contribution in [0.25, 0.3) is 17.3 Å². The summed E-state index contributed by atoms with van der Waals surface area (Å²) in [6, 6.07) is 11.4. The highest BCUT2D eigenvalue weighted by Gasteiger charge is 2.08. The molecule has 1 aliphatic heterocycles. The quantitative estimate of drug-likeness (QED) is 0.692. The van der Waals surface area contributed by atoms with Crippen LogP contribution in [0.5, 0.6) is 0 Å². The first-order valence-corrected chi connectivity index (χ1v) is 4.99. The van der Waals surface area contributed by atoms with E-state index in [9.17, 15) is 4.79 Å². The third-order valence-electron chi connectivity index (χ3n) is 2.52. The molecule has 76 valence electrons. The summed E-state index contributed by atoms with van der Waals surface area (Å²) in [6.07, 6.45) is 3.29. The van der Waals surface area contributed by atoms with E-state index in [0.29, 0.717) is 0 Å². The third kappa shape index (κ3) is 1.34. The van der Waals surface area contributed by atoms with Gasteiger partial charge in [0.25, 0.3) is 5.91 Å². The topological polar surface area (TPSA) is 42.3 Å². The molecule has 0 bridgehead atoms. The number of nitrogens with zero attached hydrogens (tertiary/aromatic N) is 2. The van der Waals surface area contributed by atoms with E-state index in [0.717, 1.165) is 21.8 Å². The monoisotopic (exact) mass is 208 g/mol. The smallest absolute Gasteiger partial charge is 0.267 e. The molecule has 0 unspecified atom stereocenters. The number of rotatable bonds is 1. The van der Waals surface area contributed by atoms with Crippen molar-refractivity contribution in [1.29, 1.82) is 0 Å². The molecule has 3 rings (SSSR count). The lowest BCUT2D eigenvalue weighted by atomic mass is 10.1. The normalized spacial score (nSPS) is 12.9. The van der Waals surface area contributed by atoms with Crippen molar-refractivity contribution >= 4 is 12.0 Å². The van der Waals surface area contributed by atoms with Crippen molar-refractivity contribution in [2.45, 2.75) is 0 Å². The minimum atomic E-state index is -0.196. The Morgan fingerprint density at radius 1 is 1.00 bits per heavy atom. The zero-order chi connectivity index (χ0) is 11.0. The Hall–Kier alpha value is -2.29. The van der Waals surface area contributed by atoms with Gasteiger partial charge in [-0.2, -0.15) is 0 Å². The van der Waals surface area contributed by atoms with E-state index in [1.165, 1.54) is 0 Å². The van der Waals surface area contributed by atoms with Crippen LogP contribution in [0.4, 0.5) is 0 Å². The number of benzene rings is 1. The van der Waals surface area contributed by atoms with Gasteiger partial charge in [0.2, 0.25) is 0 Å². The molecule has 1 aromatic carbocycles. The van der Waals surface area contributed by atoms with Gasteiger partial charge in [0.05, 0.1) is 11.1 Å². The molecule has 1 aliphatic rings. The van der Waals surface area contributed by atoms with Crippen LogP contribution in [0.2, 0.25) is 0 Å². The highest BCUT2D eigenvalue weighted by molar-refractivity contribution is 6.07. The predicted molar refractivity (Wildman–Crippen MR) is 59.9 cm³/mol. The Balaban J connectivity index is 2.35. The number of carbonyl (C=O) groups excluding carboxylic acids is 1. The molecular formula is C13H8N2O. The van der Waals surface area contributed by atoms with Crippen molar-refractivity contribution in [3.8, 4) is 11.3 Å². The second-order valence-corrected chi connectivity index (χ2v) is 3.55. The molecule has 2 heterocycles. The molecule has 0 radical (unpaired) electrons. The Morgan fingerprint density at radius 3 is 2.75 bits per heavy atom. The molecule has 2 aromatic rings. The van der Waals surface area contributed by atoms with Crippen LogP contribution in [0.3, 0.4) is 0 Å². The summed E-state index contributed by atoms with van der Waals surface area (Å²) in [4.78, 5) is 19.4. The van der Waals surface area contributed by atoms with E-state index in [1.54, 1.807) is 12.3 Å². The van der Waals surface area contributed by atoms with E-state index >= 15 is 0 Å². The fourth-order valence-corrected chi connectivity index (χ4v) is 1.82. The SMILES string of the molecule is O=C1C=c2c(-c3ccccn3)cccc2=N1. The van der Waals surface area contributed by atoms with Crippen molar-refractivity contribution in [3.05, 3.63) is 53.2 Å². The van der Waals surface area contributed by atoms with Gasteiger partial charge in [-0.3, -0.25) is 9.78 Å². The number of carbonyl (C=O) groups is 1. The molecule has 1 amide bonds. The summed E-state index contributed by atoms with van der Waals surface area (Å²) in [5, 5.41) is 1.60. The van der Waals surface area contributed by atoms with E-state index in [-0.39, 0.29) is 5.91 Å². The van der Waals surface area contributed by atoms with Crippen LogP contribution in [-0.4, -0.2) is 10.9 Å². The summed E-state index contributed by atoms with van der Waals surface area (Å²) in [6.45, 7) is 0. The average Bonchev–Trinajstić information content (AvgIpc) is 2.70. The highest BCUT2D eigenvalue weighted by atomic mass is 16.1. The zero-order valence-electron chi connectivity index (χ0n) is 8.42. The van der Waals surface area contributed by atoms with Crippen molar-refractivity contribution < 1.29 is 4.79 Å². The Bertz CT molecular complexity index is 675. The highest BCUT2D eigenvalue weighted by Crippen LogP contribution is 2.10. The van der Waals surface area contributed by atoms with Gasteiger partial charge < -0.3 is 0 Å². The molecule has 3 nitrogen and oxygen atoms in total. The summed E-state index contributed by atoms with van der Waals surface area (Å²) < 4.78 is 0. The minimum Gasteiger partial charge on any atom is -0.267 e. The maximum Gasteiger partial charge on any atom is 0.270 e. The van der Waals surface area contributed by atoms with Gasteiger partial charge in [-0.05, 0) is 18.2 Å². The number of fused-ring (bicyclic) bond motifs is 1. The van der Waals surface area contributed by atoms with Crippen LogP contribution in [0.1, 0.15) is 0 Å². The van der Waals surface area contributed by atoms with Crippen molar-refractivity contribution in [3.63, 3.8) is 0 Å². The van der Waals surface area contributed by atoms with Gasteiger partial charge in [0.1, 0.15) is 0 Å². The van der Waals surface area contributed by atoms with Crippen molar-refractivity contribution in [2.24, 2.45) is 4.99 Å². The average molecular weight is 208 g/mol. The molecule has 0 fully saturated rings. The fourth-order valence-electron chi connectivity index (χ4n) is 1.82. The number of amides is 1. The molecule has 16 heavy (non-hydrogen) atoms. The summed E-state index contributed by atoms with van der Waals surface area (Å²) in [5.74, 6) is -0.196. The number of pyridine rings is 1. The first-order valence-electron chi connectivity index (χ1n) is 4.99. The number of hydrogen-bond acceptors (Lipinski definition) is 2. The lowest BCUT2D eigenvalue weighted by molar-refractivity contribution is -0.112. The fraction of sp³-hybridized carbons (Fsp3) is 0. The number of aromatic nitrogens is 1. The lowest BCUT2D eigenvalue weighted by Crippen LogP contribution is -2.23. The minimum absolute atomic E-state index is 0.196. The van der Waals surface area contributed by atoms with Crippen LogP contribution in [-0.2, 0) is 4.79 Å². The van der Waals surface area contributed by atoms with Gasteiger partial charge in [-0.25, -0.2) is 4.99 Å². The van der Waals surface area contributed by atoms with Gasteiger partial charge in [0, 0.05) is 23.1 Å². The van der Waals surface area contributed by atoms with E-state index in [1.807, 2.05) is 36.4 Å². The second-order valence-electron chi connectivity index (χ2n) is 3.55. The first kappa shape index (κ1) is 8.97. The van der Waals surface area contributed by atoms with Gasteiger partial charge in [-0.1, -0.05) is 18.2 Å². The van der Waals surface area contributed by atoms with Crippen LogP contribution in [0, 0.1) is 0 Å². The molecule has 0 spiro atoms. The predicted octanol–water partition coefficient (Wildman–Crippen LogP) is 0.689. The third-order valence-corrected chi connectivity index (χ3v) is 2.52. The van der Waals surface area contributed by atoms with E-state index in [4.69, 9.17) is 0 Å². The molecule has 0 saturated heterocycles. The zero-order valence-corrected chi connectivity index (χ0v) is 8.42. The molecule has 0 saturated carbocycles. The lowest BCUT2D eigenvalue weighted by Gasteiger charge is -1.99. The van der Waals surface area contributed by atoms with E-state index < -0.39 is 0 Å². The first-order chi connectivity index (χ1) is 7.84. The van der Waals surface area contributed by atoms with Crippen molar-refractivity contribution in [1.82, 2.24) is 4.98 Å². The Labute approximate surface area is 91.8 Å². The summed E-state index contributed by atoms with van der Waals surface area (Å²) >= 11 is 0. The molecule has 3 heteroatoms. The van der Waals surface area contributed by atoms with Crippen LogP contribution < -0.4 is 10.6 Å². The van der Waals surface area contributed by atoms with Crippen LogP contribution in [0.15, 0.2) is 47.6 Å². The standard InChI is InChI=1S/C13H8N2O/c16-13-8-10-9(4-3-6-12(10)15-13)11-5-1-2-7-14-11/h1-8H. The summed E-state index contributed by atoms with van der Waals surface area (Å²) in [7, 11) is 0. The maximum atomic E-state index is 11.2. The van der Waals surface area contributed by atoms with Gasteiger partial charge in [-0.15, -0.1) is 0 Å².